The zero-order valence-electron chi connectivity index (χ0n) is 12.8. The zero-order chi connectivity index (χ0) is 15.7. The number of pyridine rings is 1. The Balaban J connectivity index is 2.25. The standard InChI is InChI=1S/C16H24N2O3/c1-12(2)7-5-3-4-6-9-18-15(19)13-8-10-17-14(11-13)16(20)21/h8,10-12H,3-7,9H2,1-2H3,(H,18,19)(H,20,21). The first-order chi connectivity index (χ1) is 10.0. The van der Waals surface area contributed by atoms with Crippen molar-refractivity contribution in [2.24, 2.45) is 5.92 Å². The van der Waals surface area contributed by atoms with E-state index in [4.69, 9.17) is 5.11 Å². The van der Waals surface area contributed by atoms with E-state index in [2.05, 4.69) is 24.1 Å². The third-order valence-electron chi connectivity index (χ3n) is 3.24. The number of hydrogen-bond donors (Lipinski definition) is 2. The summed E-state index contributed by atoms with van der Waals surface area (Å²) in [6, 6.07) is 2.81. The van der Waals surface area contributed by atoms with Gasteiger partial charge in [0.15, 0.2) is 0 Å². The molecule has 1 aromatic rings. The van der Waals surface area contributed by atoms with Crippen molar-refractivity contribution in [3.05, 3.63) is 29.6 Å². The molecule has 21 heavy (non-hydrogen) atoms. The van der Waals surface area contributed by atoms with Crippen LogP contribution in [-0.2, 0) is 0 Å². The molecule has 0 unspecified atom stereocenters. The topological polar surface area (TPSA) is 79.3 Å². The van der Waals surface area contributed by atoms with Crippen LogP contribution in [0.4, 0.5) is 0 Å². The van der Waals surface area contributed by atoms with Gasteiger partial charge < -0.3 is 10.4 Å². The fourth-order valence-corrected chi connectivity index (χ4v) is 2.02. The molecule has 0 fully saturated rings. The van der Waals surface area contributed by atoms with Gasteiger partial charge in [-0.1, -0.05) is 39.5 Å². The van der Waals surface area contributed by atoms with Crippen molar-refractivity contribution in [2.45, 2.75) is 46.0 Å². The number of nitrogens with one attached hydrogen (secondary N) is 1. The number of amides is 1. The molecule has 0 aliphatic rings. The van der Waals surface area contributed by atoms with E-state index in [0.717, 1.165) is 18.8 Å². The lowest BCUT2D eigenvalue weighted by atomic mass is 10.0. The second-order valence-electron chi connectivity index (χ2n) is 5.59. The summed E-state index contributed by atoms with van der Waals surface area (Å²) >= 11 is 0. The summed E-state index contributed by atoms with van der Waals surface area (Å²) < 4.78 is 0. The molecule has 0 aliphatic carbocycles. The van der Waals surface area contributed by atoms with Crippen LogP contribution in [0.5, 0.6) is 0 Å². The van der Waals surface area contributed by atoms with Crippen molar-refractivity contribution >= 4 is 11.9 Å². The lowest BCUT2D eigenvalue weighted by molar-refractivity contribution is 0.0690. The van der Waals surface area contributed by atoms with E-state index >= 15 is 0 Å². The van der Waals surface area contributed by atoms with E-state index in [0.29, 0.717) is 12.1 Å². The molecule has 116 valence electrons. The second kappa shape index (κ2) is 9.10. The molecule has 1 rings (SSSR count). The summed E-state index contributed by atoms with van der Waals surface area (Å²) in [4.78, 5) is 26.3. The summed E-state index contributed by atoms with van der Waals surface area (Å²) in [6.07, 6.45) is 7.06. The molecule has 1 amide bonds. The van der Waals surface area contributed by atoms with E-state index in [-0.39, 0.29) is 11.6 Å². The molecule has 0 saturated carbocycles. The van der Waals surface area contributed by atoms with Gasteiger partial charge in [0, 0.05) is 18.3 Å². The quantitative estimate of drug-likeness (QED) is 0.685. The van der Waals surface area contributed by atoms with Crippen molar-refractivity contribution in [3.63, 3.8) is 0 Å². The van der Waals surface area contributed by atoms with E-state index < -0.39 is 5.97 Å². The smallest absolute Gasteiger partial charge is 0.354 e. The monoisotopic (exact) mass is 292 g/mol. The molecular weight excluding hydrogens is 268 g/mol. The number of aromatic carboxylic acids is 1. The molecule has 5 heteroatoms. The number of carbonyl (C=O) groups excluding carboxylic acids is 1. The van der Waals surface area contributed by atoms with Crippen molar-refractivity contribution in [2.75, 3.05) is 6.54 Å². The minimum absolute atomic E-state index is 0.115. The van der Waals surface area contributed by atoms with Crippen molar-refractivity contribution in [3.8, 4) is 0 Å². The molecule has 0 radical (unpaired) electrons. The molecule has 0 bridgehead atoms. The molecule has 1 aromatic heterocycles. The average molecular weight is 292 g/mol. The van der Waals surface area contributed by atoms with Gasteiger partial charge in [-0.25, -0.2) is 9.78 Å². The largest absolute Gasteiger partial charge is 0.477 e. The van der Waals surface area contributed by atoms with Gasteiger partial charge in [-0.05, 0) is 24.5 Å². The SMILES string of the molecule is CC(C)CCCCCCNC(=O)c1ccnc(C(=O)O)c1. The van der Waals surface area contributed by atoms with Crippen LogP contribution in [0.1, 0.15) is 66.8 Å². The number of carbonyl (C=O) groups is 2. The van der Waals surface area contributed by atoms with Gasteiger partial charge in [0.1, 0.15) is 5.69 Å². The highest BCUT2D eigenvalue weighted by Crippen LogP contribution is 2.09. The molecular formula is C16H24N2O3. The molecule has 1 heterocycles. The number of hydrogen-bond acceptors (Lipinski definition) is 3. The molecule has 0 aromatic carbocycles. The first-order valence-electron chi connectivity index (χ1n) is 7.48. The maximum absolute atomic E-state index is 11.9. The summed E-state index contributed by atoms with van der Waals surface area (Å²) in [5, 5.41) is 11.6. The lowest BCUT2D eigenvalue weighted by Crippen LogP contribution is -2.24. The number of carboxylic acids is 1. The van der Waals surface area contributed by atoms with Gasteiger partial charge >= 0.3 is 5.97 Å². The van der Waals surface area contributed by atoms with Crippen LogP contribution in [0.15, 0.2) is 18.3 Å². The van der Waals surface area contributed by atoms with Crippen molar-refractivity contribution in [1.29, 1.82) is 0 Å². The van der Waals surface area contributed by atoms with Crippen LogP contribution in [0.25, 0.3) is 0 Å². The Bertz CT molecular complexity index is 472. The Morgan fingerprint density at radius 2 is 1.95 bits per heavy atom. The maximum atomic E-state index is 11.9. The predicted octanol–water partition coefficient (Wildman–Crippen LogP) is 3.12. The highest BCUT2D eigenvalue weighted by Gasteiger charge is 2.09. The second-order valence-corrected chi connectivity index (χ2v) is 5.59. The molecule has 0 aliphatic heterocycles. The summed E-state index contributed by atoms with van der Waals surface area (Å²) in [5.41, 5.74) is 0.221. The van der Waals surface area contributed by atoms with Gasteiger partial charge in [0.05, 0.1) is 0 Å². The number of unbranched alkanes of at least 4 members (excludes halogenated alkanes) is 3. The normalized spacial score (nSPS) is 10.6. The van der Waals surface area contributed by atoms with Gasteiger partial charge in [-0.2, -0.15) is 0 Å². The summed E-state index contributed by atoms with van der Waals surface area (Å²) in [5.74, 6) is -0.628. The summed E-state index contributed by atoms with van der Waals surface area (Å²) in [7, 11) is 0. The summed E-state index contributed by atoms with van der Waals surface area (Å²) in [6.45, 7) is 5.06. The minimum Gasteiger partial charge on any atom is -0.477 e. The fourth-order valence-electron chi connectivity index (χ4n) is 2.02. The highest BCUT2D eigenvalue weighted by molar-refractivity contribution is 5.96. The van der Waals surface area contributed by atoms with Crippen LogP contribution in [0.2, 0.25) is 0 Å². The fraction of sp³-hybridized carbons (Fsp3) is 0.562. The van der Waals surface area contributed by atoms with E-state index in [9.17, 15) is 9.59 Å². The van der Waals surface area contributed by atoms with Crippen LogP contribution in [0, 0.1) is 5.92 Å². The highest BCUT2D eigenvalue weighted by atomic mass is 16.4. The third-order valence-corrected chi connectivity index (χ3v) is 3.24. The Morgan fingerprint density at radius 3 is 2.62 bits per heavy atom. The van der Waals surface area contributed by atoms with E-state index in [1.54, 1.807) is 0 Å². The Labute approximate surface area is 125 Å². The average Bonchev–Trinajstić information content (AvgIpc) is 2.45. The molecule has 2 N–H and O–H groups in total. The van der Waals surface area contributed by atoms with E-state index in [1.807, 2.05) is 0 Å². The van der Waals surface area contributed by atoms with Gasteiger partial charge in [-0.15, -0.1) is 0 Å². The number of aromatic nitrogens is 1. The molecule has 0 atom stereocenters. The predicted molar refractivity (Wildman–Crippen MR) is 81.5 cm³/mol. The lowest BCUT2D eigenvalue weighted by Gasteiger charge is -2.06. The van der Waals surface area contributed by atoms with Gasteiger partial charge in [0.25, 0.3) is 5.91 Å². The van der Waals surface area contributed by atoms with Crippen molar-refractivity contribution < 1.29 is 14.7 Å². The Kier molecular flexibility index (Phi) is 7.43. The number of rotatable bonds is 9. The Morgan fingerprint density at radius 1 is 1.24 bits per heavy atom. The Hall–Kier alpha value is -1.91. The minimum atomic E-state index is -1.13. The number of nitrogens with zero attached hydrogens (tertiary/aromatic N) is 1. The first kappa shape index (κ1) is 17.1. The van der Waals surface area contributed by atoms with Crippen molar-refractivity contribution in [1.82, 2.24) is 10.3 Å². The third kappa shape index (κ3) is 6.88. The van der Waals surface area contributed by atoms with Crippen LogP contribution in [0.3, 0.4) is 0 Å². The number of carboxylic acid groups (broad SMARTS) is 1. The van der Waals surface area contributed by atoms with Crippen LogP contribution >= 0.6 is 0 Å². The molecule has 5 nitrogen and oxygen atoms in total. The van der Waals surface area contributed by atoms with Crippen LogP contribution < -0.4 is 5.32 Å². The van der Waals surface area contributed by atoms with E-state index in [1.165, 1.54) is 37.6 Å². The van der Waals surface area contributed by atoms with Gasteiger partial charge in [-0.3, -0.25) is 4.79 Å². The molecule has 0 spiro atoms. The zero-order valence-corrected chi connectivity index (χ0v) is 12.8. The van der Waals surface area contributed by atoms with Crippen LogP contribution in [-0.4, -0.2) is 28.5 Å². The maximum Gasteiger partial charge on any atom is 0.354 e. The molecule has 0 saturated heterocycles. The first-order valence-corrected chi connectivity index (χ1v) is 7.48. The van der Waals surface area contributed by atoms with Gasteiger partial charge in [0.2, 0.25) is 0 Å².